The average Bonchev–Trinajstić information content (AvgIpc) is 3.01. The maximum Gasteiger partial charge on any atom is 0.425 e. The molecule has 0 fully saturated rings. The molecule has 2 amide bonds. The quantitative estimate of drug-likeness (QED) is 0.478. The van der Waals surface area contributed by atoms with Crippen molar-refractivity contribution in [3.63, 3.8) is 0 Å². The van der Waals surface area contributed by atoms with Crippen molar-refractivity contribution in [3.8, 4) is 0 Å². The van der Waals surface area contributed by atoms with Gasteiger partial charge in [0.2, 0.25) is 5.54 Å². The number of carbonyl (C=O) groups excluding carboxylic acids is 4. The summed E-state index contributed by atoms with van der Waals surface area (Å²) in [6, 6.07) is 8.16. The Balaban J connectivity index is 2.75. The first-order valence-corrected chi connectivity index (χ1v) is 9.21. The van der Waals surface area contributed by atoms with Crippen molar-refractivity contribution in [2.45, 2.75) is 18.6 Å². The van der Waals surface area contributed by atoms with Crippen LogP contribution in [0.4, 0.5) is 4.79 Å². The maximum absolute atomic E-state index is 13.2. The van der Waals surface area contributed by atoms with Crippen LogP contribution in [0.5, 0.6) is 0 Å². The number of methoxy groups -OCH3 is 3. The third-order valence-electron chi connectivity index (χ3n) is 4.88. The van der Waals surface area contributed by atoms with Gasteiger partial charge in [0.25, 0.3) is 5.91 Å². The van der Waals surface area contributed by atoms with E-state index in [1.807, 2.05) is 0 Å². The van der Waals surface area contributed by atoms with Crippen LogP contribution in [-0.4, -0.2) is 81.0 Å². The van der Waals surface area contributed by atoms with Crippen molar-refractivity contribution < 1.29 is 33.4 Å². The number of carbonyl (C=O) groups is 4. The second kappa shape index (κ2) is 9.47. The predicted molar refractivity (Wildman–Crippen MR) is 108 cm³/mol. The number of benzene rings is 1. The molecule has 168 valence electrons. The summed E-state index contributed by atoms with van der Waals surface area (Å²) in [5.74, 6) is -2.44. The minimum Gasteiger partial charge on any atom is -0.467 e. The maximum atomic E-state index is 13.2. The van der Waals surface area contributed by atoms with E-state index < -0.39 is 35.6 Å². The number of nitrogens with zero attached hydrogens (tertiary/aromatic N) is 2. The molecule has 0 unspecified atom stereocenters. The molecule has 0 bridgehead atoms. The van der Waals surface area contributed by atoms with Gasteiger partial charge in [-0.3, -0.25) is 14.7 Å². The molecule has 0 spiro atoms. The predicted octanol–water partition coefficient (Wildman–Crippen LogP) is 0.250. The largest absolute Gasteiger partial charge is 0.467 e. The standard InChI is InChI=1S/C20H26N4O7/c1-12-14(16(26)29-4)20(18(27)30-5,21-15(25)13-10-8-7-9-11-13)17(23(2)3)24(12)22-19(28)31-6/h7-11,17H,1-6H3,(H,21,25)(H,22,28)/t17-,20+/m1/s1. The fourth-order valence-electron chi connectivity index (χ4n) is 3.62. The fraction of sp³-hybridized carbons (Fsp3) is 0.400. The van der Waals surface area contributed by atoms with Crippen LogP contribution in [0.15, 0.2) is 41.6 Å². The van der Waals surface area contributed by atoms with Crippen molar-refractivity contribution >= 4 is 23.9 Å². The Labute approximate surface area is 179 Å². The molecule has 1 aliphatic heterocycles. The van der Waals surface area contributed by atoms with E-state index >= 15 is 0 Å². The molecule has 11 heteroatoms. The van der Waals surface area contributed by atoms with Crippen LogP contribution in [-0.2, 0) is 23.8 Å². The third kappa shape index (κ3) is 4.17. The highest BCUT2D eigenvalue weighted by molar-refractivity contribution is 6.07. The lowest BCUT2D eigenvalue weighted by Crippen LogP contribution is -2.70. The number of rotatable bonds is 6. The minimum atomic E-state index is -2.04. The first-order chi connectivity index (χ1) is 14.6. The van der Waals surface area contributed by atoms with Crippen molar-refractivity contribution in [3.05, 3.63) is 47.2 Å². The number of likely N-dealkylation sites (N-methyl/N-ethyl adjacent to an activating group) is 1. The van der Waals surface area contributed by atoms with Crippen molar-refractivity contribution in [2.24, 2.45) is 0 Å². The van der Waals surface area contributed by atoms with Gasteiger partial charge < -0.3 is 19.5 Å². The van der Waals surface area contributed by atoms with E-state index in [4.69, 9.17) is 9.47 Å². The zero-order chi connectivity index (χ0) is 23.3. The van der Waals surface area contributed by atoms with E-state index in [0.717, 1.165) is 14.2 Å². The smallest absolute Gasteiger partial charge is 0.425 e. The Morgan fingerprint density at radius 2 is 1.61 bits per heavy atom. The van der Waals surface area contributed by atoms with E-state index in [0.29, 0.717) is 0 Å². The van der Waals surface area contributed by atoms with Crippen molar-refractivity contribution in [1.29, 1.82) is 0 Å². The first kappa shape index (κ1) is 23.7. The van der Waals surface area contributed by atoms with Crippen LogP contribution in [0.3, 0.4) is 0 Å². The molecule has 2 N–H and O–H groups in total. The van der Waals surface area contributed by atoms with Crippen LogP contribution in [0.1, 0.15) is 17.3 Å². The number of amides is 2. The summed E-state index contributed by atoms with van der Waals surface area (Å²) in [4.78, 5) is 52.7. The summed E-state index contributed by atoms with van der Waals surface area (Å²) in [7, 11) is 6.66. The molecular formula is C20H26N4O7. The first-order valence-electron chi connectivity index (χ1n) is 9.21. The van der Waals surface area contributed by atoms with Gasteiger partial charge in [0, 0.05) is 11.3 Å². The second-order valence-corrected chi connectivity index (χ2v) is 6.88. The van der Waals surface area contributed by atoms with Crippen LogP contribution in [0.25, 0.3) is 0 Å². The number of allylic oxidation sites excluding steroid dienone is 1. The molecule has 1 aromatic carbocycles. The summed E-state index contributed by atoms with van der Waals surface area (Å²) in [6.07, 6.45) is -1.94. The third-order valence-corrected chi connectivity index (χ3v) is 4.88. The minimum absolute atomic E-state index is 0.162. The summed E-state index contributed by atoms with van der Waals surface area (Å²) in [5, 5.41) is 3.91. The molecule has 11 nitrogen and oxygen atoms in total. The number of ether oxygens (including phenoxy) is 3. The molecule has 0 saturated heterocycles. The number of nitrogens with one attached hydrogen (secondary N) is 2. The van der Waals surface area contributed by atoms with E-state index in [2.05, 4.69) is 15.5 Å². The lowest BCUT2D eigenvalue weighted by atomic mass is 9.87. The fourth-order valence-corrected chi connectivity index (χ4v) is 3.62. The Bertz CT molecular complexity index is 900. The van der Waals surface area contributed by atoms with Crippen LogP contribution in [0.2, 0.25) is 0 Å². The van der Waals surface area contributed by atoms with Gasteiger partial charge in [-0.15, -0.1) is 0 Å². The monoisotopic (exact) mass is 434 g/mol. The van der Waals surface area contributed by atoms with Gasteiger partial charge >= 0.3 is 18.0 Å². The van der Waals surface area contributed by atoms with Gasteiger partial charge in [-0.25, -0.2) is 19.8 Å². The average molecular weight is 434 g/mol. The highest BCUT2D eigenvalue weighted by Crippen LogP contribution is 2.39. The van der Waals surface area contributed by atoms with Gasteiger partial charge in [0.15, 0.2) is 0 Å². The van der Waals surface area contributed by atoms with Gasteiger partial charge in [-0.1, -0.05) is 18.2 Å². The van der Waals surface area contributed by atoms with Gasteiger partial charge in [0.05, 0.1) is 26.9 Å². The van der Waals surface area contributed by atoms with E-state index in [1.54, 1.807) is 44.4 Å². The molecular weight excluding hydrogens is 408 g/mol. The van der Waals surface area contributed by atoms with E-state index in [9.17, 15) is 19.2 Å². The van der Waals surface area contributed by atoms with Crippen molar-refractivity contribution in [2.75, 3.05) is 35.4 Å². The molecule has 2 atom stereocenters. The van der Waals surface area contributed by atoms with E-state index in [1.165, 1.54) is 23.9 Å². The molecule has 0 saturated carbocycles. The zero-order valence-corrected chi connectivity index (χ0v) is 18.2. The number of hydrogen-bond donors (Lipinski definition) is 2. The van der Waals surface area contributed by atoms with Crippen LogP contribution >= 0.6 is 0 Å². The lowest BCUT2D eigenvalue weighted by Gasteiger charge is -2.41. The highest BCUT2D eigenvalue weighted by Gasteiger charge is 2.63. The molecule has 1 aromatic rings. The van der Waals surface area contributed by atoms with Crippen LogP contribution in [0, 0.1) is 0 Å². The van der Waals surface area contributed by atoms with Gasteiger partial charge in [0.1, 0.15) is 6.17 Å². The van der Waals surface area contributed by atoms with Crippen LogP contribution < -0.4 is 10.7 Å². The Morgan fingerprint density at radius 3 is 2.10 bits per heavy atom. The Kier molecular flexibility index (Phi) is 7.24. The summed E-state index contributed by atoms with van der Waals surface area (Å²) >= 11 is 0. The topological polar surface area (TPSA) is 127 Å². The summed E-state index contributed by atoms with van der Waals surface area (Å²) in [6.45, 7) is 1.50. The molecule has 0 radical (unpaired) electrons. The molecule has 31 heavy (non-hydrogen) atoms. The number of esters is 2. The summed E-state index contributed by atoms with van der Waals surface area (Å²) in [5.41, 5.74) is 0.656. The van der Waals surface area contributed by atoms with Gasteiger partial charge in [-0.05, 0) is 33.2 Å². The highest BCUT2D eigenvalue weighted by atomic mass is 16.5. The molecule has 2 rings (SSSR count). The Hall–Kier alpha value is -3.60. The number of hydrazine groups is 1. The number of hydrogen-bond acceptors (Lipinski definition) is 9. The second-order valence-electron chi connectivity index (χ2n) is 6.88. The molecule has 1 aliphatic rings. The van der Waals surface area contributed by atoms with E-state index in [-0.39, 0.29) is 16.8 Å². The zero-order valence-electron chi connectivity index (χ0n) is 18.2. The van der Waals surface area contributed by atoms with Gasteiger partial charge in [-0.2, -0.15) is 0 Å². The van der Waals surface area contributed by atoms with Crippen molar-refractivity contribution in [1.82, 2.24) is 20.7 Å². The summed E-state index contributed by atoms with van der Waals surface area (Å²) < 4.78 is 14.6. The molecule has 0 aliphatic carbocycles. The lowest BCUT2D eigenvalue weighted by molar-refractivity contribution is -0.154. The normalized spacial score (nSPS) is 20.4. The molecule has 1 heterocycles. The SMILES string of the molecule is COC(=O)NN1C(C)=C(C(=O)OC)[C@@](NC(=O)c2ccccc2)(C(=O)OC)[C@@H]1N(C)C. The molecule has 0 aromatic heterocycles. The Morgan fingerprint density at radius 1 is 1.00 bits per heavy atom.